The summed E-state index contributed by atoms with van der Waals surface area (Å²) >= 11 is 0. The second kappa shape index (κ2) is 7.51. The molecule has 0 heterocycles. The highest BCUT2D eigenvalue weighted by Crippen LogP contribution is 2.18. The summed E-state index contributed by atoms with van der Waals surface area (Å²) in [5, 5.41) is 3.47. The standard InChI is InChI=1S/C18H21NO/c1-15(16-8-4-3-5-9-16)14-19-18-11-7-6-10-17(18)12-13-20-2/h3-11,19H,1,12-14H2,2H3. The third-order valence-corrected chi connectivity index (χ3v) is 3.27. The predicted octanol–water partition coefficient (Wildman–Crippen LogP) is 4.00. The monoisotopic (exact) mass is 267 g/mol. The highest BCUT2D eigenvalue weighted by molar-refractivity contribution is 5.68. The largest absolute Gasteiger partial charge is 0.384 e. The van der Waals surface area contributed by atoms with Gasteiger partial charge in [0.25, 0.3) is 0 Å². The van der Waals surface area contributed by atoms with E-state index in [1.807, 2.05) is 24.3 Å². The molecule has 2 aromatic rings. The van der Waals surface area contributed by atoms with Gasteiger partial charge in [0.05, 0.1) is 6.61 Å². The van der Waals surface area contributed by atoms with Gasteiger partial charge in [0.1, 0.15) is 0 Å². The zero-order valence-corrected chi connectivity index (χ0v) is 11.9. The molecule has 0 saturated carbocycles. The number of rotatable bonds is 7. The number of nitrogens with one attached hydrogen (secondary N) is 1. The fourth-order valence-corrected chi connectivity index (χ4v) is 2.10. The van der Waals surface area contributed by atoms with Crippen molar-refractivity contribution < 1.29 is 4.74 Å². The number of hydrogen-bond acceptors (Lipinski definition) is 2. The molecule has 104 valence electrons. The third kappa shape index (κ3) is 3.97. The van der Waals surface area contributed by atoms with E-state index in [-0.39, 0.29) is 0 Å². The van der Waals surface area contributed by atoms with E-state index in [9.17, 15) is 0 Å². The third-order valence-electron chi connectivity index (χ3n) is 3.27. The van der Waals surface area contributed by atoms with E-state index in [1.54, 1.807) is 7.11 Å². The van der Waals surface area contributed by atoms with E-state index in [2.05, 4.69) is 42.2 Å². The van der Waals surface area contributed by atoms with Gasteiger partial charge in [0.15, 0.2) is 0 Å². The number of ether oxygens (including phenoxy) is 1. The van der Waals surface area contributed by atoms with Gasteiger partial charge < -0.3 is 10.1 Å². The maximum Gasteiger partial charge on any atom is 0.0503 e. The van der Waals surface area contributed by atoms with Crippen molar-refractivity contribution in [2.24, 2.45) is 0 Å². The Bertz CT molecular complexity index is 548. The number of methoxy groups -OCH3 is 1. The SMILES string of the molecule is C=C(CNc1ccccc1CCOC)c1ccccc1. The van der Waals surface area contributed by atoms with Gasteiger partial charge >= 0.3 is 0 Å². The molecule has 0 saturated heterocycles. The average Bonchev–Trinajstić information content (AvgIpc) is 2.52. The molecule has 2 aromatic carbocycles. The van der Waals surface area contributed by atoms with Crippen LogP contribution in [0.3, 0.4) is 0 Å². The van der Waals surface area contributed by atoms with E-state index in [0.29, 0.717) is 0 Å². The topological polar surface area (TPSA) is 21.3 Å². The molecule has 0 aliphatic heterocycles. The molecule has 0 atom stereocenters. The lowest BCUT2D eigenvalue weighted by molar-refractivity contribution is 0.202. The fraction of sp³-hybridized carbons (Fsp3) is 0.222. The zero-order valence-electron chi connectivity index (χ0n) is 11.9. The van der Waals surface area contributed by atoms with Gasteiger partial charge in [-0.1, -0.05) is 55.1 Å². The van der Waals surface area contributed by atoms with Gasteiger partial charge in [-0.3, -0.25) is 0 Å². The van der Waals surface area contributed by atoms with Crippen LogP contribution in [0.2, 0.25) is 0 Å². The minimum absolute atomic E-state index is 0.734. The van der Waals surface area contributed by atoms with Crippen molar-refractivity contribution in [3.8, 4) is 0 Å². The first-order chi connectivity index (χ1) is 9.81. The summed E-state index contributed by atoms with van der Waals surface area (Å²) in [6, 6.07) is 18.6. The van der Waals surface area contributed by atoms with Crippen molar-refractivity contribution >= 4 is 11.3 Å². The van der Waals surface area contributed by atoms with Gasteiger partial charge in [-0.2, -0.15) is 0 Å². The summed E-state index contributed by atoms with van der Waals surface area (Å²) in [4.78, 5) is 0. The van der Waals surface area contributed by atoms with Gasteiger partial charge in [0.2, 0.25) is 0 Å². The summed E-state index contributed by atoms with van der Waals surface area (Å²) < 4.78 is 5.15. The van der Waals surface area contributed by atoms with Crippen LogP contribution in [0.4, 0.5) is 5.69 Å². The van der Waals surface area contributed by atoms with Crippen LogP contribution in [0.25, 0.3) is 5.57 Å². The second-order valence-corrected chi connectivity index (χ2v) is 4.72. The highest BCUT2D eigenvalue weighted by atomic mass is 16.5. The number of hydrogen-bond donors (Lipinski definition) is 1. The molecule has 2 nitrogen and oxygen atoms in total. The zero-order chi connectivity index (χ0) is 14.2. The molecule has 0 spiro atoms. The summed E-state index contributed by atoms with van der Waals surface area (Å²) in [6.45, 7) is 5.62. The van der Waals surface area contributed by atoms with E-state index in [4.69, 9.17) is 4.74 Å². The molecule has 0 amide bonds. The Morgan fingerprint density at radius 1 is 1.05 bits per heavy atom. The predicted molar refractivity (Wildman–Crippen MR) is 86.0 cm³/mol. The molecule has 20 heavy (non-hydrogen) atoms. The molecule has 2 heteroatoms. The minimum atomic E-state index is 0.734. The molecular formula is C18H21NO. The average molecular weight is 267 g/mol. The number of para-hydroxylation sites is 1. The Balaban J connectivity index is 1.98. The van der Waals surface area contributed by atoms with Crippen molar-refractivity contribution in [3.63, 3.8) is 0 Å². The summed E-state index contributed by atoms with van der Waals surface area (Å²) in [6.07, 6.45) is 0.914. The normalized spacial score (nSPS) is 10.2. The highest BCUT2D eigenvalue weighted by Gasteiger charge is 2.03. The molecule has 0 aliphatic carbocycles. The number of anilines is 1. The second-order valence-electron chi connectivity index (χ2n) is 4.72. The van der Waals surface area contributed by atoms with Gasteiger partial charge in [-0.15, -0.1) is 0 Å². The molecule has 2 rings (SSSR count). The van der Waals surface area contributed by atoms with Crippen molar-refractivity contribution in [2.75, 3.05) is 25.6 Å². The molecule has 0 aliphatic rings. The lowest BCUT2D eigenvalue weighted by Crippen LogP contribution is -2.07. The lowest BCUT2D eigenvalue weighted by Gasteiger charge is -2.13. The van der Waals surface area contributed by atoms with Crippen LogP contribution in [0.1, 0.15) is 11.1 Å². The molecule has 0 aromatic heterocycles. The van der Waals surface area contributed by atoms with E-state index < -0.39 is 0 Å². The van der Waals surface area contributed by atoms with Crippen molar-refractivity contribution in [2.45, 2.75) is 6.42 Å². The molecule has 0 unspecified atom stereocenters. The van der Waals surface area contributed by atoms with Crippen molar-refractivity contribution in [1.82, 2.24) is 0 Å². The molecule has 0 fully saturated rings. The van der Waals surface area contributed by atoms with E-state index in [1.165, 1.54) is 11.1 Å². The van der Waals surface area contributed by atoms with E-state index in [0.717, 1.165) is 30.8 Å². The Kier molecular flexibility index (Phi) is 5.39. The van der Waals surface area contributed by atoms with Crippen LogP contribution in [0, 0.1) is 0 Å². The summed E-state index contributed by atoms with van der Waals surface area (Å²) in [7, 11) is 1.73. The Labute approximate surface area is 121 Å². The quantitative estimate of drug-likeness (QED) is 0.818. The molecule has 0 bridgehead atoms. The number of benzene rings is 2. The maximum absolute atomic E-state index is 5.15. The van der Waals surface area contributed by atoms with Crippen LogP contribution in [-0.4, -0.2) is 20.3 Å². The van der Waals surface area contributed by atoms with Crippen LogP contribution >= 0.6 is 0 Å². The summed E-state index contributed by atoms with van der Waals surface area (Å²) in [5.74, 6) is 0. The van der Waals surface area contributed by atoms with Crippen LogP contribution in [-0.2, 0) is 11.2 Å². The first-order valence-electron chi connectivity index (χ1n) is 6.85. The minimum Gasteiger partial charge on any atom is -0.384 e. The lowest BCUT2D eigenvalue weighted by atomic mass is 10.1. The van der Waals surface area contributed by atoms with Gasteiger partial charge in [-0.05, 0) is 29.2 Å². The Morgan fingerprint density at radius 2 is 1.75 bits per heavy atom. The first kappa shape index (κ1) is 14.4. The Hall–Kier alpha value is -2.06. The van der Waals surface area contributed by atoms with Gasteiger partial charge in [-0.25, -0.2) is 0 Å². The summed E-state index contributed by atoms with van der Waals surface area (Å²) in [5.41, 5.74) is 4.69. The van der Waals surface area contributed by atoms with Crippen LogP contribution < -0.4 is 5.32 Å². The molecule has 0 radical (unpaired) electrons. The smallest absolute Gasteiger partial charge is 0.0503 e. The van der Waals surface area contributed by atoms with E-state index >= 15 is 0 Å². The maximum atomic E-state index is 5.15. The Morgan fingerprint density at radius 3 is 2.50 bits per heavy atom. The van der Waals surface area contributed by atoms with Crippen LogP contribution in [0.15, 0.2) is 61.2 Å². The van der Waals surface area contributed by atoms with Crippen molar-refractivity contribution in [3.05, 3.63) is 72.3 Å². The molecule has 1 N–H and O–H groups in total. The fourth-order valence-electron chi connectivity index (χ4n) is 2.10. The molecular weight excluding hydrogens is 246 g/mol. The first-order valence-corrected chi connectivity index (χ1v) is 6.85. The van der Waals surface area contributed by atoms with Crippen LogP contribution in [0.5, 0.6) is 0 Å². The van der Waals surface area contributed by atoms with Crippen molar-refractivity contribution in [1.29, 1.82) is 0 Å². The van der Waals surface area contributed by atoms with Gasteiger partial charge in [0, 0.05) is 19.3 Å².